The van der Waals surface area contributed by atoms with Gasteiger partial charge in [-0.05, 0) is 48.7 Å². The molecule has 0 saturated carbocycles. The molecule has 0 aliphatic heterocycles. The lowest BCUT2D eigenvalue weighted by Gasteiger charge is -2.01. The Morgan fingerprint density at radius 1 is 1.00 bits per heavy atom. The van der Waals surface area contributed by atoms with Crippen LogP contribution in [0.4, 0.5) is 0 Å². The highest BCUT2D eigenvalue weighted by Crippen LogP contribution is 2.13. The van der Waals surface area contributed by atoms with Gasteiger partial charge in [0.25, 0.3) is 5.91 Å². The van der Waals surface area contributed by atoms with Gasteiger partial charge in [0.1, 0.15) is 0 Å². The first kappa shape index (κ1) is 15.0. The monoisotopic (exact) mass is 306 g/mol. The molecule has 1 heterocycles. The van der Waals surface area contributed by atoms with Gasteiger partial charge < -0.3 is 0 Å². The molecule has 0 unspecified atom stereocenters. The van der Waals surface area contributed by atoms with E-state index >= 15 is 0 Å². The predicted octanol–water partition coefficient (Wildman–Crippen LogP) is 3.31. The number of aryl methyl sites for hydroxylation is 3. The molecular formula is C19H18N2O2. The maximum atomic E-state index is 12.5. The van der Waals surface area contributed by atoms with Crippen molar-refractivity contribution in [2.24, 2.45) is 7.05 Å². The van der Waals surface area contributed by atoms with Crippen LogP contribution in [0.2, 0.25) is 0 Å². The second-order valence-electron chi connectivity index (χ2n) is 5.68. The van der Waals surface area contributed by atoms with Crippen molar-refractivity contribution in [2.75, 3.05) is 0 Å². The summed E-state index contributed by atoms with van der Waals surface area (Å²) in [4.78, 5) is 24.8. The van der Waals surface area contributed by atoms with Crippen molar-refractivity contribution in [1.29, 1.82) is 0 Å². The van der Waals surface area contributed by atoms with Crippen LogP contribution in [0.3, 0.4) is 0 Å². The summed E-state index contributed by atoms with van der Waals surface area (Å²) in [5, 5.41) is 0. The van der Waals surface area contributed by atoms with Crippen molar-refractivity contribution in [2.45, 2.75) is 13.8 Å². The lowest BCUT2D eigenvalue weighted by Crippen LogP contribution is -2.26. The van der Waals surface area contributed by atoms with Crippen molar-refractivity contribution >= 4 is 23.0 Å². The van der Waals surface area contributed by atoms with Crippen molar-refractivity contribution in [1.82, 2.24) is 9.13 Å². The van der Waals surface area contributed by atoms with E-state index in [-0.39, 0.29) is 11.6 Å². The van der Waals surface area contributed by atoms with Gasteiger partial charge in [-0.15, -0.1) is 0 Å². The molecule has 0 atom stereocenters. The van der Waals surface area contributed by atoms with Crippen LogP contribution in [-0.2, 0) is 7.05 Å². The number of allylic oxidation sites excluding steroid dienone is 1. The Morgan fingerprint density at radius 2 is 1.70 bits per heavy atom. The Morgan fingerprint density at radius 3 is 2.39 bits per heavy atom. The number of fused-ring (bicyclic) bond motifs is 1. The highest BCUT2D eigenvalue weighted by Gasteiger charge is 2.14. The second-order valence-corrected chi connectivity index (χ2v) is 5.68. The maximum absolute atomic E-state index is 12.5. The van der Waals surface area contributed by atoms with Crippen LogP contribution in [0.1, 0.15) is 21.5 Å². The lowest BCUT2D eigenvalue weighted by molar-refractivity contribution is 0.0970. The first-order valence-electron chi connectivity index (χ1n) is 7.45. The summed E-state index contributed by atoms with van der Waals surface area (Å²) < 4.78 is 2.68. The third kappa shape index (κ3) is 2.63. The number of hydrogen-bond acceptors (Lipinski definition) is 2. The molecular weight excluding hydrogens is 288 g/mol. The molecule has 0 radical (unpaired) electrons. The van der Waals surface area contributed by atoms with Crippen molar-refractivity contribution < 1.29 is 4.79 Å². The van der Waals surface area contributed by atoms with Gasteiger partial charge >= 0.3 is 5.69 Å². The van der Waals surface area contributed by atoms with Gasteiger partial charge in [-0.25, -0.2) is 9.36 Å². The Labute approximate surface area is 134 Å². The fourth-order valence-electron chi connectivity index (χ4n) is 2.62. The average Bonchev–Trinajstić information content (AvgIpc) is 2.80. The highest BCUT2D eigenvalue weighted by atomic mass is 16.2. The summed E-state index contributed by atoms with van der Waals surface area (Å²) in [5.41, 5.74) is 4.34. The van der Waals surface area contributed by atoms with E-state index in [1.807, 2.05) is 50.2 Å². The normalized spacial score (nSPS) is 11.4. The number of imidazole rings is 1. The molecule has 1 aromatic heterocycles. The first-order valence-corrected chi connectivity index (χ1v) is 7.45. The smallest absolute Gasteiger partial charge is 0.295 e. The van der Waals surface area contributed by atoms with Gasteiger partial charge in [0.15, 0.2) is 0 Å². The Bertz CT molecular complexity index is 990. The average molecular weight is 306 g/mol. The van der Waals surface area contributed by atoms with Crippen LogP contribution in [-0.4, -0.2) is 15.0 Å². The van der Waals surface area contributed by atoms with Gasteiger partial charge in [-0.1, -0.05) is 30.3 Å². The number of para-hydroxylation sites is 2. The van der Waals surface area contributed by atoms with E-state index in [1.165, 1.54) is 26.3 Å². The number of aromatic nitrogens is 2. The number of nitrogens with zero attached hydrogens (tertiary/aromatic N) is 2. The quantitative estimate of drug-likeness (QED) is 0.682. The van der Waals surface area contributed by atoms with Crippen molar-refractivity contribution in [3.8, 4) is 0 Å². The summed E-state index contributed by atoms with van der Waals surface area (Å²) in [7, 11) is 1.67. The van der Waals surface area contributed by atoms with E-state index in [2.05, 4.69) is 0 Å². The second kappa shape index (κ2) is 5.72. The molecule has 0 N–H and O–H groups in total. The SMILES string of the molecule is Cc1ccc(/C=C/C(=O)n2c(=O)n(C)c3ccccc32)cc1C. The van der Waals surface area contributed by atoms with E-state index in [9.17, 15) is 9.59 Å². The summed E-state index contributed by atoms with van der Waals surface area (Å²) >= 11 is 0. The molecule has 4 nitrogen and oxygen atoms in total. The minimum atomic E-state index is -0.343. The molecule has 3 rings (SSSR count). The summed E-state index contributed by atoms with van der Waals surface area (Å²) in [5.74, 6) is -0.343. The number of benzene rings is 2. The van der Waals surface area contributed by atoms with E-state index < -0.39 is 0 Å². The molecule has 23 heavy (non-hydrogen) atoms. The van der Waals surface area contributed by atoms with E-state index in [4.69, 9.17) is 0 Å². The molecule has 0 fully saturated rings. The molecule has 0 spiro atoms. The van der Waals surface area contributed by atoms with Gasteiger partial charge in [0.2, 0.25) is 0 Å². The minimum absolute atomic E-state index is 0.332. The van der Waals surface area contributed by atoms with Crippen molar-refractivity contribution in [3.05, 3.63) is 75.7 Å². The zero-order valence-corrected chi connectivity index (χ0v) is 13.4. The van der Waals surface area contributed by atoms with Crippen LogP contribution in [0, 0.1) is 13.8 Å². The highest BCUT2D eigenvalue weighted by molar-refractivity contribution is 5.99. The predicted molar refractivity (Wildman–Crippen MR) is 92.8 cm³/mol. The fourth-order valence-corrected chi connectivity index (χ4v) is 2.62. The molecule has 2 aromatic carbocycles. The summed E-state index contributed by atoms with van der Waals surface area (Å²) in [6.45, 7) is 4.08. The third-order valence-electron chi connectivity index (χ3n) is 4.13. The number of rotatable bonds is 2. The van der Waals surface area contributed by atoms with Gasteiger partial charge in [0, 0.05) is 13.1 Å². The van der Waals surface area contributed by atoms with Crippen LogP contribution in [0.15, 0.2) is 53.3 Å². The van der Waals surface area contributed by atoms with E-state index in [0.717, 1.165) is 11.1 Å². The fraction of sp³-hybridized carbons (Fsp3) is 0.158. The van der Waals surface area contributed by atoms with E-state index in [0.29, 0.717) is 5.52 Å². The van der Waals surface area contributed by atoms with Gasteiger partial charge in [-0.2, -0.15) is 0 Å². The molecule has 3 aromatic rings. The minimum Gasteiger partial charge on any atom is -0.295 e. The lowest BCUT2D eigenvalue weighted by atomic mass is 10.1. The van der Waals surface area contributed by atoms with Gasteiger partial charge in [0.05, 0.1) is 11.0 Å². The zero-order chi connectivity index (χ0) is 16.6. The number of carbonyl (C=O) groups excluding carboxylic acids is 1. The maximum Gasteiger partial charge on any atom is 0.335 e. The van der Waals surface area contributed by atoms with Gasteiger partial charge in [-0.3, -0.25) is 9.36 Å². The third-order valence-corrected chi connectivity index (χ3v) is 4.13. The van der Waals surface area contributed by atoms with Crippen LogP contribution < -0.4 is 5.69 Å². The first-order chi connectivity index (χ1) is 11.0. The zero-order valence-electron chi connectivity index (χ0n) is 13.4. The topological polar surface area (TPSA) is 44.0 Å². The molecule has 4 heteroatoms. The number of carbonyl (C=O) groups is 1. The molecule has 0 aliphatic rings. The molecule has 0 aliphatic carbocycles. The Hall–Kier alpha value is -2.88. The van der Waals surface area contributed by atoms with Crippen LogP contribution in [0.5, 0.6) is 0 Å². The largest absolute Gasteiger partial charge is 0.335 e. The molecule has 0 saturated heterocycles. The van der Waals surface area contributed by atoms with E-state index in [1.54, 1.807) is 19.2 Å². The Balaban J connectivity index is 2.01. The Kier molecular flexibility index (Phi) is 3.74. The van der Waals surface area contributed by atoms with Crippen molar-refractivity contribution in [3.63, 3.8) is 0 Å². The standard InChI is InChI=1S/C19H18N2O2/c1-13-8-9-15(12-14(13)2)10-11-18(22)21-17-7-5-4-6-16(17)20(3)19(21)23/h4-12H,1-3H3/b11-10+. The van der Waals surface area contributed by atoms with Crippen LogP contribution in [0.25, 0.3) is 17.1 Å². The summed E-state index contributed by atoms with van der Waals surface area (Å²) in [6, 6.07) is 13.3. The number of hydrogen-bond donors (Lipinski definition) is 0. The summed E-state index contributed by atoms with van der Waals surface area (Å²) in [6.07, 6.45) is 3.18. The molecule has 0 amide bonds. The molecule has 116 valence electrons. The van der Waals surface area contributed by atoms with Crippen LogP contribution >= 0.6 is 0 Å². The molecule has 0 bridgehead atoms.